The standard InChI is InChI=1S/C54H36N2/c1-2-36-25-26-39-17-12-24-46(50(39)31-36)44-22-10-20-42(33-44)40-18-9-19-41(32-40)43-21-11-23-45(34-43)52-35-51(38-15-7-4-8-16-38)49-28-27-48-47(37-13-5-3-6-14-37)29-30-55-53(48)54(49)56-52/h2-35H,1H2. The van der Waals surface area contributed by atoms with Gasteiger partial charge in [0.1, 0.15) is 0 Å². The summed E-state index contributed by atoms with van der Waals surface area (Å²) in [5.74, 6) is 0. The molecule has 10 rings (SSSR count). The fourth-order valence-corrected chi connectivity index (χ4v) is 8.05. The predicted molar refractivity (Wildman–Crippen MR) is 237 cm³/mol. The molecule has 0 saturated carbocycles. The topological polar surface area (TPSA) is 25.8 Å². The molecule has 0 unspecified atom stereocenters. The molecule has 0 saturated heterocycles. The monoisotopic (exact) mass is 712 g/mol. The maximum atomic E-state index is 5.40. The summed E-state index contributed by atoms with van der Waals surface area (Å²) in [4.78, 5) is 10.3. The van der Waals surface area contributed by atoms with E-state index in [0.717, 1.165) is 72.0 Å². The van der Waals surface area contributed by atoms with Crippen LogP contribution >= 0.6 is 0 Å². The van der Waals surface area contributed by atoms with E-state index < -0.39 is 0 Å². The van der Waals surface area contributed by atoms with Crippen molar-refractivity contribution in [2.45, 2.75) is 0 Å². The molecule has 10 aromatic rings. The highest BCUT2D eigenvalue weighted by Crippen LogP contribution is 2.39. The largest absolute Gasteiger partial charge is 0.254 e. The molecule has 0 aliphatic rings. The molecule has 0 spiro atoms. The Morgan fingerprint density at radius 2 is 0.893 bits per heavy atom. The second-order valence-electron chi connectivity index (χ2n) is 14.2. The number of fused-ring (bicyclic) bond motifs is 4. The van der Waals surface area contributed by atoms with Crippen LogP contribution < -0.4 is 0 Å². The van der Waals surface area contributed by atoms with Crippen LogP contribution in [0.25, 0.3) is 106 Å². The minimum Gasteiger partial charge on any atom is -0.254 e. The van der Waals surface area contributed by atoms with Gasteiger partial charge in [-0.2, -0.15) is 0 Å². The average molecular weight is 713 g/mol. The normalized spacial score (nSPS) is 11.3. The van der Waals surface area contributed by atoms with Gasteiger partial charge in [-0.05, 0) is 108 Å². The van der Waals surface area contributed by atoms with E-state index in [2.05, 4.69) is 201 Å². The molecule has 0 amide bonds. The maximum Gasteiger partial charge on any atom is 0.0978 e. The molecule has 0 aliphatic carbocycles. The Bertz CT molecular complexity index is 3090. The lowest BCUT2D eigenvalue weighted by Crippen LogP contribution is -1.94. The van der Waals surface area contributed by atoms with Crippen molar-refractivity contribution in [2.75, 3.05) is 0 Å². The first-order valence-electron chi connectivity index (χ1n) is 19.0. The quantitative estimate of drug-likeness (QED) is 0.154. The summed E-state index contributed by atoms with van der Waals surface area (Å²) in [6.45, 7) is 4.00. The molecule has 0 bridgehead atoms. The van der Waals surface area contributed by atoms with Gasteiger partial charge in [-0.3, -0.25) is 4.98 Å². The van der Waals surface area contributed by atoms with E-state index in [9.17, 15) is 0 Å². The fourth-order valence-electron chi connectivity index (χ4n) is 8.05. The van der Waals surface area contributed by atoms with E-state index in [1.807, 2.05) is 12.3 Å². The molecule has 2 aromatic heterocycles. The lowest BCUT2D eigenvalue weighted by molar-refractivity contribution is 1.37. The summed E-state index contributed by atoms with van der Waals surface area (Å²) in [5.41, 5.74) is 16.5. The van der Waals surface area contributed by atoms with E-state index in [0.29, 0.717) is 0 Å². The van der Waals surface area contributed by atoms with Crippen molar-refractivity contribution in [3.8, 4) is 66.9 Å². The van der Waals surface area contributed by atoms with E-state index in [-0.39, 0.29) is 0 Å². The number of hydrogen-bond acceptors (Lipinski definition) is 2. The highest BCUT2D eigenvalue weighted by Gasteiger charge is 2.16. The Kier molecular flexibility index (Phi) is 8.35. The molecule has 0 fully saturated rings. The molecule has 0 aliphatic heterocycles. The molecule has 8 aromatic carbocycles. The highest BCUT2D eigenvalue weighted by atomic mass is 14.8. The lowest BCUT2D eigenvalue weighted by Gasteiger charge is -2.14. The molecule has 262 valence electrons. The van der Waals surface area contributed by atoms with Crippen molar-refractivity contribution in [3.05, 3.63) is 212 Å². The molecule has 0 N–H and O–H groups in total. The SMILES string of the molecule is C=Cc1ccc2cccc(-c3cccc(-c4cccc(-c5cccc(-c6cc(-c7ccccc7)c7ccc8c(-c9ccccc9)ccnc8c7n6)c5)c4)c3)c2c1. The summed E-state index contributed by atoms with van der Waals surface area (Å²) < 4.78 is 0. The molecule has 0 radical (unpaired) electrons. The molecule has 56 heavy (non-hydrogen) atoms. The van der Waals surface area contributed by atoms with Crippen LogP contribution in [-0.4, -0.2) is 9.97 Å². The molecule has 2 heteroatoms. The second kappa shape index (κ2) is 14.1. The molecular formula is C54H36N2. The van der Waals surface area contributed by atoms with Gasteiger partial charge in [0.25, 0.3) is 0 Å². The van der Waals surface area contributed by atoms with Gasteiger partial charge in [0.15, 0.2) is 0 Å². The van der Waals surface area contributed by atoms with Gasteiger partial charge < -0.3 is 0 Å². The van der Waals surface area contributed by atoms with Crippen LogP contribution in [0.5, 0.6) is 0 Å². The maximum absolute atomic E-state index is 5.40. The first-order chi connectivity index (χ1) is 27.7. The van der Waals surface area contributed by atoms with Crippen molar-refractivity contribution >= 4 is 38.7 Å². The van der Waals surface area contributed by atoms with Crippen LogP contribution in [0, 0.1) is 0 Å². The minimum absolute atomic E-state index is 0.899. The van der Waals surface area contributed by atoms with Crippen LogP contribution in [0.3, 0.4) is 0 Å². The van der Waals surface area contributed by atoms with Crippen LogP contribution in [0.2, 0.25) is 0 Å². The van der Waals surface area contributed by atoms with Crippen molar-refractivity contribution in [3.63, 3.8) is 0 Å². The van der Waals surface area contributed by atoms with E-state index in [4.69, 9.17) is 9.97 Å². The fraction of sp³-hybridized carbons (Fsp3) is 0. The van der Waals surface area contributed by atoms with Gasteiger partial charge in [-0.25, -0.2) is 4.98 Å². The number of nitrogens with zero attached hydrogens (tertiary/aromatic N) is 2. The number of pyridine rings is 2. The molecule has 2 heterocycles. The van der Waals surface area contributed by atoms with Gasteiger partial charge in [0, 0.05) is 22.5 Å². The number of rotatable bonds is 7. The summed E-state index contributed by atoms with van der Waals surface area (Å²) in [6, 6.07) is 69.4. The van der Waals surface area contributed by atoms with Crippen molar-refractivity contribution < 1.29 is 0 Å². The van der Waals surface area contributed by atoms with E-state index in [1.165, 1.54) is 33.0 Å². The third kappa shape index (κ3) is 6.04. The third-order valence-electron chi connectivity index (χ3n) is 10.9. The Morgan fingerprint density at radius 1 is 0.357 bits per heavy atom. The van der Waals surface area contributed by atoms with Gasteiger partial charge in [-0.1, -0.05) is 170 Å². The van der Waals surface area contributed by atoms with Gasteiger partial charge in [0.05, 0.1) is 16.7 Å². The van der Waals surface area contributed by atoms with Crippen LogP contribution in [0.1, 0.15) is 5.56 Å². The zero-order chi connectivity index (χ0) is 37.4. The van der Waals surface area contributed by atoms with E-state index in [1.54, 1.807) is 0 Å². The summed E-state index contributed by atoms with van der Waals surface area (Å²) in [5, 5.41) is 4.62. The number of aromatic nitrogens is 2. The van der Waals surface area contributed by atoms with Crippen molar-refractivity contribution in [1.82, 2.24) is 9.97 Å². The zero-order valence-electron chi connectivity index (χ0n) is 30.7. The average Bonchev–Trinajstić information content (AvgIpc) is 3.28. The zero-order valence-corrected chi connectivity index (χ0v) is 30.7. The summed E-state index contributed by atoms with van der Waals surface area (Å²) in [7, 11) is 0. The Labute approximate surface area is 326 Å². The van der Waals surface area contributed by atoms with Gasteiger partial charge in [0.2, 0.25) is 0 Å². The van der Waals surface area contributed by atoms with Crippen LogP contribution in [0.15, 0.2) is 207 Å². The minimum atomic E-state index is 0.899. The van der Waals surface area contributed by atoms with Crippen molar-refractivity contribution in [2.24, 2.45) is 0 Å². The first kappa shape index (κ1) is 33.2. The highest BCUT2D eigenvalue weighted by molar-refractivity contribution is 6.12. The van der Waals surface area contributed by atoms with Gasteiger partial charge >= 0.3 is 0 Å². The summed E-state index contributed by atoms with van der Waals surface area (Å²) >= 11 is 0. The van der Waals surface area contributed by atoms with Crippen LogP contribution in [0.4, 0.5) is 0 Å². The third-order valence-corrected chi connectivity index (χ3v) is 10.9. The van der Waals surface area contributed by atoms with Gasteiger partial charge in [-0.15, -0.1) is 0 Å². The lowest BCUT2D eigenvalue weighted by atomic mass is 9.92. The van der Waals surface area contributed by atoms with Crippen LogP contribution in [-0.2, 0) is 0 Å². The molecule has 2 nitrogen and oxygen atoms in total. The second-order valence-corrected chi connectivity index (χ2v) is 14.2. The Morgan fingerprint density at radius 3 is 1.57 bits per heavy atom. The van der Waals surface area contributed by atoms with Crippen molar-refractivity contribution in [1.29, 1.82) is 0 Å². The van der Waals surface area contributed by atoms with E-state index >= 15 is 0 Å². The Hall–Kier alpha value is -7.42. The predicted octanol–water partition coefficient (Wildman–Crippen LogP) is 14.6. The molecule has 0 atom stereocenters. The first-order valence-corrected chi connectivity index (χ1v) is 19.0. The number of hydrogen-bond donors (Lipinski definition) is 0. The Balaban J connectivity index is 1.07. The molecular weight excluding hydrogens is 677 g/mol. The number of benzene rings is 8. The smallest absolute Gasteiger partial charge is 0.0978 e. The summed E-state index contributed by atoms with van der Waals surface area (Å²) in [6.07, 6.45) is 3.82.